The minimum atomic E-state index is -3.96. The molecule has 1 aromatic carbocycles. The van der Waals surface area contributed by atoms with Crippen LogP contribution in [0.5, 0.6) is 0 Å². The third-order valence-electron chi connectivity index (χ3n) is 2.37. The van der Waals surface area contributed by atoms with E-state index in [1.807, 2.05) is 0 Å². The van der Waals surface area contributed by atoms with Gasteiger partial charge < -0.3 is 11.1 Å². The molecule has 114 valence electrons. The minimum absolute atomic E-state index is 0.0585. The van der Waals surface area contributed by atoms with Crippen LogP contribution in [0.4, 0.5) is 4.39 Å². The molecule has 0 fully saturated rings. The Balaban J connectivity index is 2.89. The second-order valence-corrected chi connectivity index (χ2v) is 5.69. The number of amides is 1. The fourth-order valence-corrected chi connectivity index (χ4v) is 2.41. The van der Waals surface area contributed by atoms with E-state index in [1.54, 1.807) is 6.92 Å². The van der Waals surface area contributed by atoms with Crippen LogP contribution in [0.1, 0.15) is 12.5 Å². The fourth-order valence-electron chi connectivity index (χ4n) is 1.41. The Morgan fingerprint density at radius 3 is 2.71 bits per heavy atom. The first-order chi connectivity index (χ1) is 9.90. The topological polar surface area (TPSA) is 101 Å². The number of hydrogen-bond acceptors (Lipinski definition) is 4. The number of likely N-dealkylation sites (N-methyl/N-ethyl adjacent to an activating group) is 1. The third-order valence-corrected chi connectivity index (χ3v) is 3.77. The molecule has 1 aromatic rings. The molecule has 8 heteroatoms. The van der Waals surface area contributed by atoms with Gasteiger partial charge in [0.05, 0.1) is 23.5 Å². The van der Waals surface area contributed by atoms with Crippen molar-refractivity contribution >= 4 is 15.9 Å². The molecule has 0 unspecified atom stereocenters. The van der Waals surface area contributed by atoms with Crippen molar-refractivity contribution < 1.29 is 17.6 Å². The van der Waals surface area contributed by atoms with Crippen LogP contribution in [0.3, 0.4) is 0 Å². The van der Waals surface area contributed by atoms with Gasteiger partial charge in [-0.2, -0.15) is 0 Å². The summed E-state index contributed by atoms with van der Waals surface area (Å²) in [7, 11) is -3.96. The van der Waals surface area contributed by atoms with E-state index in [4.69, 9.17) is 5.73 Å². The Kier molecular flexibility index (Phi) is 6.30. The zero-order chi connectivity index (χ0) is 15.9. The maximum atomic E-state index is 13.7. The summed E-state index contributed by atoms with van der Waals surface area (Å²) in [5.41, 5.74) is 5.24. The number of nitrogens with two attached hydrogens (primary N) is 1. The molecule has 0 bridgehead atoms. The van der Waals surface area contributed by atoms with Crippen molar-refractivity contribution in [2.24, 2.45) is 5.73 Å². The van der Waals surface area contributed by atoms with Gasteiger partial charge in [0.2, 0.25) is 15.9 Å². The zero-order valence-electron chi connectivity index (χ0n) is 11.4. The first kappa shape index (κ1) is 17.1. The van der Waals surface area contributed by atoms with Gasteiger partial charge in [0.15, 0.2) is 0 Å². The maximum Gasteiger partial charge on any atom is 0.241 e. The highest BCUT2D eigenvalue weighted by molar-refractivity contribution is 7.89. The van der Waals surface area contributed by atoms with Gasteiger partial charge in [0.1, 0.15) is 5.82 Å². The molecule has 0 aliphatic carbocycles. The SMILES string of the molecule is CCNC(=O)CNS(=O)(=O)c1ccc(C#CCN)c(F)c1. The fraction of sp³-hybridized carbons (Fsp3) is 0.308. The lowest BCUT2D eigenvalue weighted by molar-refractivity contribution is -0.119. The number of nitrogens with one attached hydrogen (secondary N) is 2. The number of halogens is 1. The van der Waals surface area contributed by atoms with E-state index in [0.717, 1.165) is 6.07 Å². The van der Waals surface area contributed by atoms with E-state index < -0.39 is 28.3 Å². The highest BCUT2D eigenvalue weighted by Gasteiger charge is 2.17. The van der Waals surface area contributed by atoms with Gasteiger partial charge in [-0.25, -0.2) is 17.5 Å². The summed E-state index contributed by atoms with van der Waals surface area (Å²) in [4.78, 5) is 10.9. The van der Waals surface area contributed by atoms with Crippen LogP contribution >= 0.6 is 0 Å². The highest BCUT2D eigenvalue weighted by Crippen LogP contribution is 2.14. The number of carbonyl (C=O) groups is 1. The molecular weight excluding hydrogens is 297 g/mol. The van der Waals surface area contributed by atoms with E-state index >= 15 is 0 Å². The van der Waals surface area contributed by atoms with E-state index in [1.165, 1.54) is 12.1 Å². The monoisotopic (exact) mass is 313 g/mol. The van der Waals surface area contributed by atoms with Crippen LogP contribution in [0.25, 0.3) is 0 Å². The third kappa shape index (κ3) is 5.15. The molecule has 0 saturated carbocycles. The molecule has 0 aliphatic rings. The van der Waals surface area contributed by atoms with Crippen molar-refractivity contribution in [3.8, 4) is 11.8 Å². The van der Waals surface area contributed by atoms with Crippen LogP contribution in [0, 0.1) is 17.7 Å². The number of hydrogen-bond donors (Lipinski definition) is 3. The predicted molar refractivity (Wildman–Crippen MR) is 76.2 cm³/mol. The first-order valence-corrected chi connectivity index (χ1v) is 7.64. The summed E-state index contributed by atoms with van der Waals surface area (Å²) < 4.78 is 39.6. The lowest BCUT2D eigenvalue weighted by atomic mass is 10.2. The van der Waals surface area contributed by atoms with Crippen molar-refractivity contribution in [1.82, 2.24) is 10.0 Å². The molecule has 0 spiro atoms. The molecule has 4 N–H and O–H groups in total. The van der Waals surface area contributed by atoms with Gasteiger partial charge in [-0.15, -0.1) is 0 Å². The molecule has 6 nitrogen and oxygen atoms in total. The molecule has 0 atom stereocenters. The summed E-state index contributed by atoms with van der Waals surface area (Å²) in [6.45, 7) is 1.77. The van der Waals surface area contributed by atoms with Crippen LogP contribution < -0.4 is 15.8 Å². The van der Waals surface area contributed by atoms with Gasteiger partial charge in [0, 0.05) is 6.54 Å². The number of benzene rings is 1. The molecule has 0 heterocycles. The van der Waals surface area contributed by atoms with Gasteiger partial charge in [-0.3, -0.25) is 4.79 Å². The Hall–Kier alpha value is -1.95. The van der Waals surface area contributed by atoms with Crippen LogP contribution in [-0.2, 0) is 14.8 Å². The number of carbonyl (C=O) groups excluding carboxylic acids is 1. The maximum absolute atomic E-state index is 13.7. The Morgan fingerprint density at radius 2 is 2.14 bits per heavy atom. The second kappa shape index (κ2) is 7.73. The molecule has 0 radical (unpaired) electrons. The highest BCUT2D eigenvalue weighted by atomic mass is 32.2. The van der Waals surface area contributed by atoms with Crippen molar-refractivity contribution in [2.75, 3.05) is 19.6 Å². The normalized spacial score (nSPS) is 10.6. The Morgan fingerprint density at radius 1 is 1.43 bits per heavy atom. The van der Waals surface area contributed by atoms with Crippen molar-refractivity contribution in [3.63, 3.8) is 0 Å². The Labute approximate surface area is 123 Å². The molecule has 0 saturated heterocycles. The summed E-state index contributed by atoms with van der Waals surface area (Å²) in [6.07, 6.45) is 0. The lowest BCUT2D eigenvalue weighted by Crippen LogP contribution is -2.36. The summed E-state index contributed by atoms with van der Waals surface area (Å²) in [5, 5.41) is 2.44. The van der Waals surface area contributed by atoms with E-state index in [2.05, 4.69) is 21.9 Å². The average molecular weight is 313 g/mol. The molecule has 1 rings (SSSR count). The second-order valence-electron chi connectivity index (χ2n) is 3.93. The Bertz CT molecular complexity index is 678. The van der Waals surface area contributed by atoms with Crippen LogP contribution in [0.2, 0.25) is 0 Å². The van der Waals surface area contributed by atoms with Gasteiger partial charge in [0.25, 0.3) is 0 Å². The predicted octanol–water partition coefficient (Wildman–Crippen LogP) is -0.450. The first-order valence-electron chi connectivity index (χ1n) is 6.15. The number of sulfonamides is 1. The summed E-state index contributed by atoms with van der Waals surface area (Å²) in [6, 6.07) is 3.31. The number of rotatable bonds is 5. The standard InChI is InChI=1S/C13H16FN3O3S/c1-2-16-13(18)9-17-21(19,20)11-6-5-10(4-3-7-15)12(14)8-11/h5-6,8,17H,2,7,9,15H2,1H3,(H,16,18). The smallest absolute Gasteiger partial charge is 0.241 e. The lowest BCUT2D eigenvalue weighted by Gasteiger charge is -2.07. The quantitative estimate of drug-likeness (QED) is 0.641. The van der Waals surface area contributed by atoms with Gasteiger partial charge in [-0.05, 0) is 25.1 Å². The van der Waals surface area contributed by atoms with Crippen molar-refractivity contribution in [1.29, 1.82) is 0 Å². The van der Waals surface area contributed by atoms with Crippen LogP contribution in [0.15, 0.2) is 23.1 Å². The van der Waals surface area contributed by atoms with Crippen molar-refractivity contribution in [3.05, 3.63) is 29.6 Å². The summed E-state index contributed by atoms with van der Waals surface area (Å²) in [5.74, 6) is 3.73. The summed E-state index contributed by atoms with van der Waals surface area (Å²) >= 11 is 0. The van der Waals surface area contributed by atoms with Gasteiger partial charge >= 0.3 is 0 Å². The molecule has 1 amide bonds. The molecular formula is C13H16FN3O3S. The molecule has 0 aromatic heterocycles. The van der Waals surface area contributed by atoms with E-state index in [0.29, 0.717) is 6.54 Å². The van der Waals surface area contributed by atoms with E-state index in [9.17, 15) is 17.6 Å². The average Bonchev–Trinajstić information content (AvgIpc) is 2.44. The van der Waals surface area contributed by atoms with Crippen molar-refractivity contribution in [2.45, 2.75) is 11.8 Å². The molecule has 21 heavy (non-hydrogen) atoms. The zero-order valence-corrected chi connectivity index (χ0v) is 12.3. The van der Waals surface area contributed by atoms with Crippen LogP contribution in [-0.4, -0.2) is 34.0 Å². The van der Waals surface area contributed by atoms with Gasteiger partial charge in [-0.1, -0.05) is 11.8 Å². The minimum Gasteiger partial charge on any atom is -0.355 e. The largest absolute Gasteiger partial charge is 0.355 e. The molecule has 0 aliphatic heterocycles. The van der Waals surface area contributed by atoms with E-state index in [-0.39, 0.29) is 17.0 Å².